The van der Waals surface area contributed by atoms with Crippen molar-refractivity contribution in [1.29, 1.82) is 0 Å². The molecule has 0 saturated carbocycles. The quantitative estimate of drug-likeness (QED) is 0.424. The molecule has 0 radical (unpaired) electrons. The summed E-state index contributed by atoms with van der Waals surface area (Å²) in [6, 6.07) is 23.4. The maximum atomic E-state index is 13.7. The second-order valence-corrected chi connectivity index (χ2v) is 10.3. The lowest BCUT2D eigenvalue weighted by Crippen LogP contribution is -2.57. The number of nitrogens with zero attached hydrogens (tertiary/aromatic N) is 1. The highest BCUT2D eigenvalue weighted by Gasteiger charge is 2.51. The van der Waals surface area contributed by atoms with E-state index in [1.807, 2.05) is 48.6 Å². The predicted octanol–water partition coefficient (Wildman–Crippen LogP) is 4.96. The molecule has 1 aliphatic heterocycles. The number of rotatable bonds is 9. The Morgan fingerprint density at radius 1 is 0.857 bits per heavy atom. The van der Waals surface area contributed by atoms with Gasteiger partial charge in [-0.25, -0.2) is 0 Å². The fraction of sp³-hybridized carbons (Fsp3) is 0.185. The van der Waals surface area contributed by atoms with E-state index in [4.69, 9.17) is 19.9 Å². The number of hydrogen-bond acceptors (Lipinski definition) is 6. The zero-order valence-corrected chi connectivity index (χ0v) is 20.6. The summed E-state index contributed by atoms with van der Waals surface area (Å²) in [5.74, 6) is 2.44. The second kappa shape index (κ2) is 10.4. The highest BCUT2D eigenvalue weighted by molar-refractivity contribution is 7.91. The standard InChI is InChI=1S/C27H29N2O5S/c1-3-35(30,31)29(19-9-10-21(20-28)27(29)34-23-11-5-4-6-12-23)22-15-17-24(18-16-22)33-26-14-8-7-13-25(26)32-2/h4-18H,3,19-20,28H2,1-2H3/q+1. The molecule has 182 valence electrons. The van der Waals surface area contributed by atoms with Crippen molar-refractivity contribution in [3.63, 3.8) is 0 Å². The molecule has 35 heavy (non-hydrogen) atoms. The molecule has 3 aromatic rings. The van der Waals surface area contributed by atoms with Gasteiger partial charge in [0.2, 0.25) is 0 Å². The largest absolute Gasteiger partial charge is 0.493 e. The Labute approximate surface area is 206 Å². The summed E-state index contributed by atoms with van der Waals surface area (Å²) in [6.45, 7) is 1.94. The Kier molecular flexibility index (Phi) is 7.25. The molecule has 0 aliphatic carbocycles. The lowest BCUT2D eigenvalue weighted by molar-refractivity contribution is 0.299. The van der Waals surface area contributed by atoms with Crippen molar-refractivity contribution >= 4 is 15.7 Å². The van der Waals surface area contributed by atoms with Crippen LogP contribution < -0.4 is 23.8 Å². The fourth-order valence-electron chi connectivity index (χ4n) is 4.05. The van der Waals surface area contributed by atoms with Gasteiger partial charge in [0.05, 0.1) is 18.4 Å². The van der Waals surface area contributed by atoms with E-state index in [-0.39, 0.29) is 24.7 Å². The molecule has 0 saturated heterocycles. The minimum atomic E-state index is -3.74. The van der Waals surface area contributed by atoms with Crippen LogP contribution in [-0.2, 0) is 10.0 Å². The molecule has 1 unspecified atom stereocenters. The highest BCUT2D eigenvalue weighted by Crippen LogP contribution is 2.40. The van der Waals surface area contributed by atoms with Crippen molar-refractivity contribution < 1.29 is 22.6 Å². The van der Waals surface area contributed by atoms with Crippen molar-refractivity contribution in [2.75, 3.05) is 26.0 Å². The van der Waals surface area contributed by atoms with Gasteiger partial charge in [0, 0.05) is 18.7 Å². The molecule has 1 heterocycles. The molecule has 4 rings (SSSR count). The Balaban J connectivity index is 1.80. The van der Waals surface area contributed by atoms with E-state index in [9.17, 15) is 8.42 Å². The summed E-state index contributed by atoms with van der Waals surface area (Å²) < 4.78 is 44.6. The lowest BCUT2D eigenvalue weighted by atomic mass is 10.1. The summed E-state index contributed by atoms with van der Waals surface area (Å²) >= 11 is 0. The number of hydrogen-bond donors (Lipinski definition) is 1. The van der Waals surface area contributed by atoms with Gasteiger partial charge in [-0.3, -0.25) is 0 Å². The maximum absolute atomic E-state index is 13.7. The zero-order valence-electron chi connectivity index (χ0n) is 19.8. The van der Waals surface area contributed by atoms with Gasteiger partial charge in [-0.05, 0) is 55.5 Å². The molecule has 8 heteroatoms. The molecule has 0 aromatic heterocycles. The maximum Gasteiger partial charge on any atom is 0.322 e. The van der Waals surface area contributed by atoms with Gasteiger partial charge in [0.1, 0.15) is 18.0 Å². The van der Waals surface area contributed by atoms with Gasteiger partial charge < -0.3 is 19.9 Å². The van der Waals surface area contributed by atoms with E-state index in [1.54, 1.807) is 56.5 Å². The summed E-state index contributed by atoms with van der Waals surface area (Å²) in [7, 11) is -2.17. The molecule has 7 nitrogen and oxygen atoms in total. The number of sulfonamides is 1. The second-order valence-electron chi connectivity index (χ2n) is 7.89. The topological polar surface area (TPSA) is 87.9 Å². The summed E-state index contributed by atoms with van der Waals surface area (Å²) in [6.07, 6.45) is 3.66. The van der Waals surface area contributed by atoms with Crippen LogP contribution in [0.1, 0.15) is 6.92 Å². The SMILES string of the molecule is CCS(=O)(=O)[N+]1(c2ccc(Oc3ccccc3OC)cc2)CC=CC(CN)=C1Oc1ccccc1. The van der Waals surface area contributed by atoms with Crippen LogP contribution in [0.4, 0.5) is 5.69 Å². The number of benzene rings is 3. The Morgan fingerprint density at radius 2 is 1.49 bits per heavy atom. The Morgan fingerprint density at radius 3 is 2.11 bits per heavy atom. The summed E-state index contributed by atoms with van der Waals surface area (Å²) in [5.41, 5.74) is 7.19. The van der Waals surface area contributed by atoms with E-state index in [1.165, 1.54) is 0 Å². The lowest BCUT2D eigenvalue weighted by Gasteiger charge is -2.38. The number of quaternary nitrogens is 1. The van der Waals surface area contributed by atoms with Gasteiger partial charge >= 0.3 is 15.9 Å². The minimum Gasteiger partial charge on any atom is -0.493 e. The first kappa shape index (κ1) is 24.5. The van der Waals surface area contributed by atoms with E-state index in [0.717, 1.165) is 0 Å². The predicted molar refractivity (Wildman–Crippen MR) is 138 cm³/mol. The average molecular weight is 494 g/mol. The number of methoxy groups -OCH3 is 1. The van der Waals surface area contributed by atoms with Crippen LogP contribution in [0.25, 0.3) is 0 Å². The van der Waals surface area contributed by atoms with E-state index in [2.05, 4.69) is 0 Å². The van der Waals surface area contributed by atoms with Crippen molar-refractivity contribution in [3.8, 4) is 23.0 Å². The number of para-hydroxylation sites is 3. The highest BCUT2D eigenvalue weighted by atomic mass is 32.2. The average Bonchev–Trinajstić information content (AvgIpc) is 2.90. The number of ether oxygens (including phenoxy) is 3. The zero-order chi connectivity index (χ0) is 24.9. The van der Waals surface area contributed by atoms with E-state index < -0.39 is 13.9 Å². The van der Waals surface area contributed by atoms with Crippen molar-refractivity contribution in [1.82, 2.24) is 3.89 Å². The molecule has 0 fully saturated rings. The van der Waals surface area contributed by atoms with Crippen molar-refractivity contribution in [3.05, 3.63) is 102 Å². The van der Waals surface area contributed by atoms with Gasteiger partial charge in [-0.1, -0.05) is 30.3 Å². The Hall–Kier alpha value is -3.59. The number of nitrogens with two attached hydrogens (primary N) is 1. The van der Waals surface area contributed by atoms with Crippen LogP contribution in [0, 0.1) is 0 Å². The van der Waals surface area contributed by atoms with Crippen molar-refractivity contribution in [2.24, 2.45) is 5.73 Å². The van der Waals surface area contributed by atoms with E-state index in [0.29, 0.717) is 34.3 Å². The third-order valence-electron chi connectivity index (χ3n) is 5.85. The molecular weight excluding hydrogens is 464 g/mol. The monoisotopic (exact) mass is 493 g/mol. The first-order valence-corrected chi connectivity index (χ1v) is 12.9. The van der Waals surface area contributed by atoms with Gasteiger partial charge in [-0.2, -0.15) is 8.42 Å². The van der Waals surface area contributed by atoms with Gasteiger partial charge in [0.25, 0.3) is 0 Å². The van der Waals surface area contributed by atoms with E-state index >= 15 is 0 Å². The first-order chi connectivity index (χ1) is 16.9. The van der Waals surface area contributed by atoms with Crippen LogP contribution in [0.15, 0.2) is 102 Å². The van der Waals surface area contributed by atoms with Gasteiger partial charge in [-0.15, -0.1) is 3.89 Å². The normalized spacial score (nSPS) is 17.8. The minimum absolute atomic E-state index is 0.0835. The molecular formula is C27H29N2O5S+. The first-order valence-electron chi connectivity index (χ1n) is 11.3. The molecule has 2 N–H and O–H groups in total. The fourth-order valence-corrected chi connectivity index (χ4v) is 5.66. The third kappa shape index (κ3) is 4.68. The molecule has 0 amide bonds. The van der Waals surface area contributed by atoms with Crippen LogP contribution in [0.2, 0.25) is 0 Å². The smallest absolute Gasteiger partial charge is 0.322 e. The molecule has 0 spiro atoms. The molecule has 1 atom stereocenters. The van der Waals surface area contributed by atoms with Crippen molar-refractivity contribution in [2.45, 2.75) is 6.92 Å². The van der Waals surface area contributed by atoms with Crippen LogP contribution >= 0.6 is 0 Å². The van der Waals surface area contributed by atoms with Crippen LogP contribution in [0.3, 0.4) is 0 Å². The summed E-state index contributed by atoms with van der Waals surface area (Å²) in [5, 5.41) is 0. The summed E-state index contributed by atoms with van der Waals surface area (Å²) in [4.78, 5) is 0. The molecule has 1 aliphatic rings. The van der Waals surface area contributed by atoms with Gasteiger partial charge in [0.15, 0.2) is 17.2 Å². The van der Waals surface area contributed by atoms with Crippen LogP contribution in [-0.4, -0.2) is 34.4 Å². The third-order valence-corrected chi connectivity index (χ3v) is 8.06. The molecule has 3 aromatic carbocycles. The molecule has 0 bridgehead atoms. The van der Waals surface area contributed by atoms with Crippen LogP contribution in [0.5, 0.6) is 23.0 Å². The Bertz CT molecular complexity index is 1340.